The Hall–Kier alpha value is -2.63. The van der Waals surface area contributed by atoms with Crippen molar-refractivity contribution < 1.29 is 38.5 Å². The second kappa shape index (κ2) is 15.2. The molecule has 0 heterocycles. The standard InChI is InChI=1S/C21H30N2O8S/c1-14(24)32-12-11-16(23-21(28)31-13-15-7-5-4-6-8-15)19(25)22-17(20(26)27)9-10-18(29-2)30-3/h4-8,16-18H,9-13H2,1-3H3,(H,22,25)(H,23,28)(H,26,27). The number of nitrogens with one attached hydrogen (secondary N) is 2. The van der Waals surface area contributed by atoms with Crippen molar-refractivity contribution in [1.29, 1.82) is 0 Å². The molecule has 0 radical (unpaired) electrons. The van der Waals surface area contributed by atoms with Gasteiger partial charge in [0, 0.05) is 33.3 Å². The summed E-state index contributed by atoms with van der Waals surface area (Å²) in [6, 6.07) is 6.72. The predicted molar refractivity (Wildman–Crippen MR) is 118 cm³/mol. The Bertz CT molecular complexity index is 743. The fraction of sp³-hybridized carbons (Fsp3) is 0.524. The van der Waals surface area contributed by atoms with E-state index in [-0.39, 0.29) is 36.7 Å². The van der Waals surface area contributed by atoms with E-state index in [2.05, 4.69) is 10.6 Å². The topological polar surface area (TPSA) is 140 Å². The molecular formula is C21H30N2O8S. The van der Waals surface area contributed by atoms with Crippen molar-refractivity contribution in [3.63, 3.8) is 0 Å². The molecule has 0 aliphatic heterocycles. The van der Waals surface area contributed by atoms with Gasteiger partial charge in [-0.15, -0.1) is 0 Å². The summed E-state index contributed by atoms with van der Waals surface area (Å²) >= 11 is 0.999. The van der Waals surface area contributed by atoms with Crippen LogP contribution in [0.15, 0.2) is 30.3 Å². The van der Waals surface area contributed by atoms with Gasteiger partial charge in [-0.25, -0.2) is 9.59 Å². The number of alkyl carbamates (subject to hydrolysis) is 1. The molecule has 1 rings (SSSR count). The van der Waals surface area contributed by atoms with Gasteiger partial charge in [0.05, 0.1) is 0 Å². The Kier molecular flexibility index (Phi) is 13.0. The summed E-state index contributed by atoms with van der Waals surface area (Å²) in [4.78, 5) is 47.7. The number of carboxylic acid groups (broad SMARTS) is 1. The molecule has 0 aliphatic rings. The third-order valence-electron chi connectivity index (χ3n) is 4.36. The minimum Gasteiger partial charge on any atom is -0.480 e. The van der Waals surface area contributed by atoms with Crippen LogP contribution in [0.25, 0.3) is 0 Å². The SMILES string of the molecule is COC(CCC(NC(=O)C(CCSC(C)=O)NC(=O)OCc1ccccc1)C(=O)O)OC. The van der Waals surface area contributed by atoms with Crippen LogP contribution in [0.5, 0.6) is 0 Å². The fourth-order valence-corrected chi connectivity index (χ4v) is 3.30. The normalized spacial score (nSPS) is 12.6. The number of hydrogen-bond acceptors (Lipinski definition) is 8. The number of carbonyl (C=O) groups excluding carboxylic acids is 3. The van der Waals surface area contributed by atoms with Crippen LogP contribution in [0.4, 0.5) is 4.79 Å². The van der Waals surface area contributed by atoms with Crippen LogP contribution in [0.3, 0.4) is 0 Å². The number of methoxy groups -OCH3 is 2. The van der Waals surface area contributed by atoms with Gasteiger partial charge in [-0.2, -0.15) is 0 Å². The second-order valence-corrected chi connectivity index (χ2v) is 8.04. The summed E-state index contributed by atoms with van der Waals surface area (Å²) in [6.45, 7) is 1.40. The van der Waals surface area contributed by atoms with Gasteiger partial charge in [-0.05, 0) is 18.4 Å². The van der Waals surface area contributed by atoms with Gasteiger partial charge < -0.3 is 30.0 Å². The van der Waals surface area contributed by atoms with E-state index in [1.54, 1.807) is 24.3 Å². The molecule has 178 valence electrons. The summed E-state index contributed by atoms with van der Waals surface area (Å²) in [5.74, 6) is -1.66. The van der Waals surface area contributed by atoms with Crippen LogP contribution in [0, 0.1) is 0 Å². The van der Waals surface area contributed by atoms with Crippen molar-refractivity contribution in [1.82, 2.24) is 10.6 Å². The molecular weight excluding hydrogens is 440 g/mol. The van der Waals surface area contributed by atoms with Gasteiger partial charge in [0.2, 0.25) is 5.91 Å². The quantitative estimate of drug-likeness (QED) is 0.348. The van der Waals surface area contributed by atoms with Crippen LogP contribution in [-0.2, 0) is 35.2 Å². The van der Waals surface area contributed by atoms with Crippen molar-refractivity contribution in [2.45, 2.75) is 51.2 Å². The molecule has 0 aromatic heterocycles. The van der Waals surface area contributed by atoms with E-state index in [0.29, 0.717) is 0 Å². The maximum atomic E-state index is 12.7. The number of amides is 2. The number of rotatable bonds is 14. The number of benzene rings is 1. The summed E-state index contributed by atoms with van der Waals surface area (Å²) in [6.07, 6.45) is -1.03. The third kappa shape index (κ3) is 11.1. The van der Waals surface area contributed by atoms with E-state index < -0.39 is 36.3 Å². The fourth-order valence-electron chi connectivity index (χ4n) is 2.66. The number of hydrogen-bond donors (Lipinski definition) is 3. The highest BCUT2D eigenvalue weighted by Gasteiger charge is 2.27. The number of aliphatic carboxylic acids is 1. The zero-order chi connectivity index (χ0) is 23.9. The molecule has 11 heteroatoms. The minimum atomic E-state index is -1.23. The van der Waals surface area contributed by atoms with Gasteiger partial charge in [0.25, 0.3) is 0 Å². The maximum absolute atomic E-state index is 12.7. The molecule has 1 aromatic carbocycles. The molecule has 2 amide bonds. The second-order valence-electron chi connectivity index (χ2n) is 6.77. The first-order chi connectivity index (χ1) is 15.3. The van der Waals surface area contributed by atoms with Crippen molar-refractivity contribution in [2.75, 3.05) is 20.0 Å². The summed E-state index contributed by atoms with van der Waals surface area (Å²) in [5.41, 5.74) is 0.771. The van der Waals surface area contributed by atoms with Crippen LogP contribution in [0.2, 0.25) is 0 Å². The lowest BCUT2D eigenvalue weighted by Gasteiger charge is -2.22. The van der Waals surface area contributed by atoms with Crippen LogP contribution >= 0.6 is 11.8 Å². The third-order valence-corrected chi connectivity index (χ3v) is 5.21. The molecule has 1 aromatic rings. The van der Waals surface area contributed by atoms with Crippen molar-refractivity contribution in [3.05, 3.63) is 35.9 Å². The van der Waals surface area contributed by atoms with E-state index >= 15 is 0 Å². The lowest BCUT2D eigenvalue weighted by atomic mass is 10.1. The molecule has 32 heavy (non-hydrogen) atoms. The van der Waals surface area contributed by atoms with Crippen molar-refractivity contribution in [3.8, 4) is 0 Å². The van der Waals surface area contributed by atoms with E-state index in [0.717, 1.165) is 17.3 Å². The molecule has 10 nitrogen and oxygen atoms in total. The Balaban J connectivity index is 2.73. The Morgan fingerprint density at radius 1 is 0.969 bits per heavy atom. The molecule has 2 unspecified atom stereocenters. The highest BCUT2D eigenvalue weighted by atomic mass is 32.2. The van der Waals surface area contributed by atoms with Crippen LogP contribution in [-0.4, -0.2) is 66.5 Å². The van der Waals surface area contributed by atoms with Crippen molar-refractivity contribution >= 4 is 34.8 Å². The van der Waals surface area contributed by atoms with Gasteiger partial charge in [0.15, 0.2) is 11.4 Å². The minimum absolute atomic E-state index is 0.0103. The van der Waals surface area contributed by atoms with Gasteiger partial charge in [0.1, 0.15) is 18.7 Å². The van der Waals surface area contributed by atoms with E-state index in [4.69, 9.17) is 14.2 Å². The average molecular weight is 471 g/mol. The first-order valence-electron chi connectivity index (χ1n) is 9.96. The first kappa shape index (κ1) is 27.4. The number of thioether (sulfide) groups is 1. The van der Waals surface area contributed by atoms with E-state index in [1.165, 1.54) is 21.1 Å². The molecule has 0 spiro atoms. The smallest absolute Gasteiger partial charge is 0.408 e. The molecule has 3 N–H and O–H groups in total. The number of ether oxygens (including phenoxy) is 3. The summed E-state index contributed by atoms with van der Waals surface area (Å²) in [5, 5.41) is 14.2. The number of carboxylic acids is 1. The lowest BCUT2D eigenvalue weighted by molar-refractivity contribution is -0.144. The van der Waals surface area contributed by atoms with Crippen LogP contribution < -0.4 is 10.6 Å². The molecule has 2 atom stereocenters. The van der Waals surface area contributed by atoms with Gasteiger partial charge in [-0.3, -0.25) is 9.59 Å². The Labute approximate surface area is 191 Å². The molecule has 0 saturated carbocycles. The lowest BCUT2D eigenvalue weighted by Crippen LogP contribution is -2.52. The van der Waals surface area contributed by atoms with E-state index in [1.807, 2.05) is 6.07 Å². The summed E-state index contributed by atoms with van der Waals surface area (Å²) < 4.78 is 15.2. The largest absolute Gasteiger partial charge is 0.480 e. The number of carbonyl (C=O) groups is 4. The average Bonchev–Trinajstić information content (AvgIpc) is 2.77. The Morgan fingerprint density at radius 2 is 1.62 bits per heavy atom. The zero-order valence-electron chi connectivity index (χ0n) is 18.4. The molecule has 0 fully saturated rings. The monoisotopic (exact) mass is 470 g/mol. The zero-order valence-corrected chi connectivity index (χ0v) is 19.2. The first-order valence-corrected chi connectivity index (χ1v) is 10.9. The van der Waals surface area contributed by atoms with Crippen LogP contribution in [0.1, 0.15) is 31.7 Å². The van der Waals surface area contributed by atoms with Crippen molar-refractivity contribution in [2.24, 2.45) is 0 Å². The summed E-state index contributed by atoms with van der Waals surface area (Å²) in [7, 11) is 2.85. The maximum Gasteiger partial charge on any atom is 0.408 e. The van der Waals surface area contributed by atoms with E-state index in [9.17, 15) is 24.3 Å². The Morgan fingerprint density at radius 3 is 2.19 bits per heavy atom. The molecule has 0 aliphatic carbocycles. The highest BCUT2D eigenvalue weighted by molar-refractivity contribution is 8.13. The molecule has 0 saturated heterocycles. The molecule has 0 bridgehead atoms. The predicted octanol–water partition coefficient (Wildman–Crippen LogP) is 1.92. The highest BCUT2D eigenvalue weighted by Crippen LogP contribution is 2.10. The van der Waals surface area contributed by atoms with Gasteiger partial charge in [-0.1, -0.05) is 42.1 Å². The van der Waals surface area contributed by atoms with Gasteiger partial charge >= 0.3 is 12.1 Å².